The summed E-state index contributed by atoms with van der Waals surface area (Å²) in [5.41, 5.74) is 9.61. The highest BCUT2D eigenvalue weighted by Crippen LogP contribution is 2.42. The Bertz CT molecular complexity index is 560. The number of nitrogens with two attached hydrogens (primary N) is 1. The molecule has 2 nitrogen and oxygen atoms in total. The van der Waals surface area contributed by atoms with Crippen molar-refractivity contribution in [3.63, 3.8) is 0 Å². The van der Waals surface area contributed by atoms with E-state index in [4.69, 9.17) is 5.73 Å². The lowest BCUT2D eigenvalue weighted by atomic mass is 10.1. The summed E-state index contributed by atoms with van der Waals surface area (Å²) >= 11 is 5.33. The third kappa shape index (κ3) is 1.44. The number of fused-ring (bicyclic) bond motifs is 3. The van der Waals surface area contributed by atoms with Gasteiger partial charge in [0.15, 0.2) is 0 Å². The highest BCUT2D eigenvalue weighted by molar-refractivity contribution is 9.10. The molecule has 1 atom stereocenters. The highest BCUT2D eigenvalue weighted by Gasteiger charge is 2.25. The second-order valence-corrected chi connectivity index (χ2v) is 6.02. The molecule has 82 valence electrons. The fourth-order valence-corrected chi connectivity index (χ4v) is 3.57. The molecule has 1 heterocycles. The molecule has 0 amide bonds. The van der Waals surface area contributed by atoms with Crippen molar-refractivity contribution < 1.29 is 0 Å². The van der Waals surface area contributed by atoms with Gasteiger partial charge in [-0.15, -0.1) is 11.3 Å². The summed E-state index contributed by atoms with van der Waals surface area (Å²) in [6, 6.07) is 6.31. The van der Waals surface area contributed by atoms with Crippen molar-refractivity contribution >= 4 is 27.3 Å². The third-order valence-electron chi connectivity index (χ3n) is 2.81. The molecule has 0 bridgehead atoms. The summed E-state index contributed by atoms with van der Waals surface area (Å²) in [5, 5.41) is 1.04. The Morgan fingerprint density at radius 1 is 1.50 bits per heavy atom. The van der Waals surface area contributed by atoms with Crippen LogP contribution in [0.5, 0.6) is 0 Å². The predicted octanol–water partition coefficient (Wildman–Crippen LogP) is 3.50. The first-order chi connectivity index (χ1) is 7.66. The molecule has 1 aliphatic carbocycles. The van der Waals surface area contributed by atoms with E-state index in [-0.39, 0.29) is 6.04 Å². The first-order valence-corrected chi connectivity index (χ1v) is 6.80. The van der Waals surface area contributed by atoms with Crippen LogP contribution in [0.1, 0.15) is 28.4 Å². The van der Waals surface area contributed by atoms with Crippen LogP contribution in [0.4, 0.5) is 0 Å². The number of nitrogens with zero attached hydrogens (tertiary/aromatic N) is 1. The standard InChI is InChI=1S/C12H11BrN2S/c1-6(14)12-15-11-7-3-2-4-9(13)8(7)5-10(11)16-12/h2-4,6H,5,14H2,1H3. The summed E-state index contributed by atoms with van der Waals surface area (Å²) in [6.07, 6.45) is 0.983. The van der Waals surface area contributed by atoms with Gasteiger partial charge in [0.25, 0.3) is 0 Å². The normalized spacial score (nSPS) is 14.7. The van der Waals surface area contributed by atoms with Gasteiger partial charge in [-0.3, -0.25) is 0 Å². The van der Waals surface area contributed by atoms with Crippen LogP contribution in [0.25, 0.3) is 11.3 Å². The molecule has 1 aliphatic rings. The number of aromatic nitrogens is 1. The quantitative estimate of drug-likeness (QED) is 0.746. The Balaban J connectivity index is 2.17. The van der Waals surface area contributed by atoms with Crippen molar-refractivity contribution in [1.82, 2.24) is 4.98 Å². The molecule has 3 rings (SSSR count). The first kappa shape index (κ1) is 10.4. The Kier molecular flexibility index (Phi) is 2.38. The second-order valence-electron chi connectivity index (χ2n) is 4.06. The lowest BCUT2D eigenvalue weighted by Crippen LogP contribution is -2.04. The van der Waals surface area contributed by atoms with E-state index < -0.39 is 0 Å². The highest BCUT2D eigenvalue weighted by atomic mass is 79.9. The van der Waals surface area contributed by atoms with Gasteiger partial charge in [0.2, 0.25) is 0 Å². The van der Waals surface area contributed by atoms with Crippen molar-refractivity contribution in [2.45, 2.75) is 19.4 Å². The van der Waals surface area contributed by atoms with Crippen LogP contribution in [0.2, 0.25) is 0 Å². The Morgan fingerprint density at radius 3 is 3.06 bits per heavy atom. The van der Waals surface area contributed by atoms with Crippen molar-refractivity contribution in [1.29, 1.82) is 0 Å². The molecule has 1 aromatic heterocycles. The Hall–Kier alpha value is -0.710. The monoisotopic (exact) mass is 294 g/mol. The van der Waals surface area contributed by atoms with Gasteiger partial charge in [-0.05, 0) is 18.6 Å². The van der Waals surface area contributed by atoms with Crippen LogP contribution in [0, 0.1) is 0 Å². The van der Waals surface area contributed by atoms with E-state index in [0.717, 1.165) is 17.1 Å². The number of rotatable bonds is 1. The topological polar surface area (TPSA) is 38.9 Å². The van der Waals surface area contributed by atoms with Crippen LogP contribution >= 0.6 is 27.3 Å². The first-order valence-electron chi connectivity index (χ1n) is 5.19. The lowest BCUT2D eigenvalue weighted by molar-refractivity contribution is 0.808. The smallest absolute Gasteiger partial charge is 0.110 e. The second kappa shape index (κ2) is 3.65. The van der Waals surface area contributed by atoms with Crippen LogP contribution in [-0.4, -0.2) is 4.98 Å². The van der Waals surface area contributed by atoms with Crippen LogP contribution in [-0.2, 0) is 6.42 Å². The predicted molar refractivity (Wildman–Crippen MR) is 70.7 cm³/mol. The molecule has 1 aromatic carbocycles. The van der Waals surface area contributed by atoms with Gasteiger partial charge in [-0.1, -0.05) is 28.1 Å². The van der Waals surface area contributed by atoms with E-state index in [1.54, 1.807) is 11.3 Å². The fourth-order valence-electron chi connectivity index (χ4n) is 2.02. The molecule has 16 heavy (non-hydrogen) atoms. The van der Waals surface area contributed by atoms with Crippen molar-refractivity contribution in [3.05, 3.63) is 38.1 Å². The fraction of sp³-hybridized carbons (Fsp3) is 0.250. The molecular formula is C12H11BrN2S. The van der Waals surface area contributed by atoms with E-state index in [9.17, 15) is 0 Å². The molecule has 0 spiro atoms. The number of thiazole rings is 1. The number of hydrogen-bond acceptors (Lipinski definition) is 3. The number of hydrogen-bond donors (Lipinski definition) is 1. The van der Waals surface area contributed by atoms with Crippen molar-refractivity contribution in [2.75, 3.05) is 0 Å². The van der Waals surface area contributed by atoms with Crippen LogP contribution < -0.4 is 5.73 Å². The maximum Gasteiger partial charge on any atom is 0.110 e. The van der Waals surface area contributed by atoms with Gasteiger partial charge < -0.3 is 5.73 Å². The molecular weight excluding hydrogens is 284 g/mol. The summed E-state index contributed by atoms with van der Waals surface area (Å²) in [6.45, 7) is 1.98. The molecule has 0 saturated heterocycles. The summed E-state index contributed by atoms with van der Waals surface area (Å²) in [4.78, 5) is 5.99. The largest absolute Gasteiger partial charge is 0.322 e. The average molecular weight is 295 g/mol. The maximum absolute atomic E-state index is 5.86. The van der Waals surface area contributed by atoms with Gasteiger partial charge in [0, 0.05) is 21.3 Å². The van der Waals surface area contributed by atoms with E-state index in [1.165, 1.54) is 20.5 Å². The zero-order valence-electron chi connectivity index (χ0n) is 8.83. The molecule has 4 heteroatoms. The summed E-state index contributed by atoms with van der Waals surface area (Å²) in [7, 11) is 0. The van der Waals surface area contributed by atoms with Crippen molar-refractivity contribution in [2.24, 2.45) is 5.73 Å². The third-order valence-corrected chi connectivity index (χ3v) is 4.81. The Labute approximate surface area is 107 Å². The molecule has 1 unspecified atom stereocenters. The number of halogens is 1. The van der Waals surface area contributed by atoms with Gasteiger partial charge in [0.1, 0.15) is 5.01 Å². The van der Waals surface area contributed by atoms with E-state index >= 15 is 0 Å². The van der Waals surface area contributed by atoms with E-state index in [1.807, 2.05) is 6.92 Å². The molecule has 0 aliphatic heterocycles. The molecule has 0 saturated carbocycles. The average Bonchev–Trinajstić information content (AvgIpc) is 2.76. The van der Waals surface area contributed by atoms with E-state index in [2.05, 4.69) is 39.1 Å². The van der Waals surface area contributed by atoms with Gasteiger partial charge in [0.05, 0.1) is 11.7 Å². The zero-order valence-corrected chi connectivity index (χ0v) is 11.2. The molecule has 2 aromatic rings. The summed E-state index contributed by atoms with van der Waals surface area (Å²) in [5.74, 6) is 0. The molecule has 0 fully saturated rings. The Morgan fingerprint density at radius 2 is 2.31 bits per heavy atom. The zero-order chi connectivity index (χ0) is 11.3. The molecule has 2 N–H and O–H groups in total. The minimum absolute atomic E-state index is 0.0335. The maximum atomic E-state index is 5.86. The van der Waals surface area contributed by atoms with Crippen molar-refractivity contribution in [3.8, 4) is 11.3 Å². The molecule has 0 radical (unpaired) electrons. The SMILES string of the molecule is CC(N)c1nc2c(s1)Cc1c(Br)cccc1-2. The van der Waals surface area contributed by atoms with Gasteiger partial charge >= 0.3 is 0 Å². The van der Waals surface area contributed by atoms with Gasteiger partial charge in [-0.2, -0.15) is 0 Å². The van der Waals surface area contributed by atoms with E-state index in [0.29, 0.717) is 0 Å². The van der Waals surface area contributed by atoms with Crippen LogP contribution in [0.15, 0.2) is 22.7 Å². The van der Waals surface area contributed by atoms with Crippen LogP contribution in [0.3, 0.4) is 0 Å². The number of benzene rings is 1. The summed E-state index contributed by atoms with van der Waals surface area (Å²) < 4.78 is 1.18. The minimum atomic E-state index is 0.0335. The minimum Gasteiger partial charge on any atom is -0.322 e. The van der Waals surface area contributed by atoms with Gasteiger partial charge in [-0.25, -0.2) is 4.98 Å². The lowest BCUT2D eigenvalue weighted by Gasteiger charge is -2.02.